The second-order valence-corrected chi connectivity index (χ2v) is 9.67. The highest BCUT2D eigenvalue weighted by atomic mass is 16.5. The summed E-state index contributed by atoms with van der Waals surface area (Å²) in [7, 11) is 0. The van der Waals surface area contributed by atoms with Crippen LogP contribution in [0.25, 0.3) is 11.1 Å². The van der Waals surface area contributed by atoms with Crippen molar-refractivity contribution in [3.8, 4) is 34.1 Å². The predicted molar refractivity (Wildman–Crippen MR) is 155 cm³/mol. The number of ether oxygens (including phenoxy) is 4. The Morgan fingerprint density at radius 1 is 0.538 bits per heavy atom. The van der Waals surface area contributed by atoms with Crippen molar-refractivity contribution >= 4 is 0 Å². The first-order valence-electron chi connectivity index (χ1n) is 13.6. The molecule has 0 amide bonds. The third kappa shape index (κ3) is 7.11. The molecule has 0 aromatic heterocycles. The molecule has 39 heavy (non-hydrogen) atoms. The van der Waals surface area contributed by atoms with E-state index in [-0.39, 0.29) is 12.2 Å². The monoisotopic (exact) mass is 524 g/mol. The van der Waals surface area contributed by atoms with E-state index in [4.69, 9.17) is 30.4 Å². The number of hydrogen-bond acceptors (Lipinski definition) is 6. The van der Waals surface area contributed by atoms with E-state index in [9.17, 15) is 0 Å². The van der Waals surface area contributed by atoms with Crippen molar-refractivity contribution < 1.29 is 18.9 Å². The van der Waals surface area contributed by atoms with Gasteiger partial charge in [0.05, 0.1) is 13.2 Å². The second-order valence-electron chi connectivity index (χ2n) is 9.67. The third-order valence-corrected chi connectivity index (χ3v) is 6.86. The summed E-state index contributed by atoms with van der Waals surface area (Å²) in [4.78, 5) is 0. The summed E-state index contributed by atoms with van der Waals surface area (Å²) < 4.78 is 24.1. The van der Waals surface area contributed by atoms with Gasteiger partial charge in [-0.2, -0.15) is 0 Å². The molecule has 0 saturated heterocycles. The smallest absolute Gasteiger partial charge is 0.119 e. The fourth-order valence-corrected chi connectivity index (χ4v) is 4.79. The van der Waals surface area contributed by atoms with Crippen LogP contribution in [0.3, 0.4) is 0 Å². The fourth-order valence-electron chi connectivity index (χ4n) is 4.79. The van der Waals surface area contributed by atoms with E-state index in [1.54, 1.807) is 0 Å². The maximum absolute atomic E-state index is 6.07. The lowest BCUT2D eigenvalue weighted by Crippen LogP contribution is -2.28. The summed E-state index contributed by atoms with van der Waals surface area (Å²) in [5.74, 6) is 3.37. The van der Waals surface area contributed by atoms with Crippen LogP contribution in [-0.2, 0) is 6.42 Å². The molecule has 0 bridgehead atoms. The highest BCUT2D eigenvalue weighted by Crippen LogP contribution is 2.40. The molecule has 6 nitrogen and oxygen atoms in total. The topological polar surface area (TPSA) is 89.0 Å². The van der Waals surface area contributed by atoms with Gasteiger partial charge in [-0.3, -0.25) is 0 Å². The molecule has 202 valence electrons. The summed E-state index contributed by atoms with van der Waals surface area (Å²) >= 11 is 0. The quantitative estimate of drug-likeness (QED) is 0.196. The molecule has 4 aromatic rings. The largest absolute Gasteiger partial charge is 0.493 e. The van der Waals surface area contributed by atoms with E-state index in [1.807, 2.05) is 72.8 Å². The Labute approximate surface area is 230 Å². The standard InChI is InChI=1S/C33H36N2O4/c34-22-30(38-26-7-3-1-4-8-26)15-17-36-28-11-13-32-24(20-28)19-25-21-29(12-14-33(25)32)37-18-16-31(23-35)39-27-9-5-2-6-10-27/h1-14,20-21,30-31H,15-19,22-23,34-35H2. The Kier molecular flexibility index (Phi) is 8.99. The lowest BCUT2D eigenvalue weighted by molar-refractivity contribution is 0.167. The van der Waals surface area contributed by atoms with Crippen LogP contribution < -0.4 is 30.4 Å². The van der Waals surface area contributed by atoms with Crippen molar-refractivity contribution in [2.75, 3.05) is 26.3 Å². The molecular weight excluding hydrogens is 488 g/mol. The number of fused-ring (bicyclic) bond motifs is 3. The molecule has 4 N–H and O–H groups in total. The van der Waals surface area contributed by atoms with Gasteiger partial charge in [0.25, 0.3) is 0 Å². The van der Waals surface area contributed by atoms with Crippen LogP contribution in [0.1, 0.15) is 24.0 Å². The van der Waals surface area contributed by atoms with E-state index in [0.717, 1.165) is 29.4 Å². The molecule has 2 unspecified atom stereocenters. The highest BCUT2D eigenvalue weighted by Gasteiger charge is 2.20. The van der Waals surface area contributed by atoms with E-state index >= 15 is 0 Å². The maximum atomic E-state index is 6.07. The predicted octanol–water partition coefficient (Wildman–Crippen LogP) is 5.61. The molecule has 6 heteroatoms. The average molecular weight is 525 g/mol. The SMILES string of the molecule is NCC(CCOc1ccc2c(c1)Cc1cc(OCCC(CN)Oc3ccccc3)ccc1-2)Oc1ccccc1. The lowest BCUT2D eigenvalue weighted by Gasteiger charge is -2.18. The second kappa shape index (κ2) is 13.2. The first-order valence-corrected chi connectivity index (χ1v) is 13.6. The Hall–Kier alpha value is -4.00. The minimum Gasteiger partial charge on any atom is -0.493 e. The van der Waals surface area contributed by atoms with Gasteiger partial charge in [0.15, 0.2) is 0 Å². The molecule has 1 aliphatic rings. The van der Waals surface area contributed by atoms with E-state index in [2.05, 4.69) is 24.3 Å². The van der Waals surface area contributed by atoms with Gasteiger partial charge in [0.1, 0.15) is 35.2 Å². The van der Waals surface area contributed by atoms with Crippen LogP contribution in [0.2, 0.25) is 0 Å². The molecule has 0 fully saturated rings. The first kappa shape index (κ1) is 26.6. The molecule has 0 heterocycles. The normalized spacial score (nSPS) is 13.2. The zero-order valence-corrected chi connectivity index (χ0v) is 22.1. The van der Waals surface area contributed by atoms with Gasteiger partial charge in [-0.25, -0.2) is 0 Å². The van der Waals surface area contributed by atoms with Crippen molar-refractivity contribution in [2.24, 2.45) is 11.5 Å². The van der Waals surface area contributed by atoms with Gasteiger partial charge >= 0.3 is 0 Å². The number of hydrogen-bond donors (Lipinski definition) is 2. The van der Waals surface area contributed by atoms with Crippen molar-refractivity contribution in [3.63, 3.8) is 0 Å². The van der Waals surface area contributed by atoms with Gasteiger partial charge in [-0.05, 0) is 77.2 Å². The van der Waals surface area contributed by atoms with Gasteiger partial charge in [-0.15, -0.1) is 0 Å². The molecule has 2 atom stereocenters. The van der Waals surface area contributed by atoms with Crippen molar-refractivity contribution in [2.45, 2.75) is 31.5 Å². The van der Waals surface area contributed by atoms with Crippen LogP contribution in [0.15, 0.2) is 97.1 Å². The molecule has 0 spiro atoms. The maximum Gasteiger partial charge on any atom is 0.119 e. The highest BCUT2D eigenvalue weighted by molar-refractivity contribution is 5.78. The van der Waals surface area contributed by atoms with Gasteiger partial charge in [0.2, 0.25) is 0 Å². The van der Waals surface area contributed by atoms with Crippen LogP contribution in [0.4, 0.5) is 0 Å². The number of nitrogens with two attached hydrogens (primary N) is 2. The molecule has 0 radical (unpaired) electrons. The minimum atomic E-state index is -0.0884. The zero-order chi connectivity index (χ0) is 26.9. The number of benzene rings is 4. The Bertz CT molecular complexity index is 1230. The van der Waals surface area contributed by atoms with Gasteiger partial charge in [0, 0.05) is 25.9 Å². The molecular formula is C33H36N2O4. The van der Waals surface area contributed by atoms with Crippen molar-refractivity contribution in [3.05, 3.63) is 108 Å². The van der Waals surface area contributed by atoms with E-state index < -0.39 is 0 Å². The first-order chi connectivity index (χ1) is 19.2. The van der Waals surface area contributed by atoms with Crippen molar-refractivity contribution in [1.29, 1.82) is 0 Å². The van der Waals surface area contributed by atoms with Crippen molar-refractivity contribution in [1.82, 2.24) is 0 Å². The summed E-state index contributed by atoms with van der Waals surface area (Å²) in [5.41, 5.74) is 16.8. The number of para-hydroxylation sites is 2. The summed E-state index contributed by atoms with van der Waals surface area (Å²) in [5, 5.41) is 0. The molecule has 0 saturated carbocycles. The van der Waals surface area contributed by atoms with E-state index in [0.29, 0.717) is 39.1 Å². The Morgan fingerprint density at radius 2 is 0.974 bits per heavy atom. The summed E-state index contributed by atoms with van der Waals surface area (Å²) in [6, 6.07) is 32.1. The minimum absolute atomic E-state index is 0.0884. The lowest BCUT2D eigenvalue weighted by atomic mass is 10.1. The Morgan fingerprint density at radius 3 is 1.38 bits per heavy atom. The molecule has 0 aliphatic heterocycles. The molecule has 5 rings (SSSR count). The Balaban J connectivity index is 1.11. The van der Waals surface area contributed by atoms with E-state index in [1.165, 1.54) is 22.3 Å². The number of rotatable bonds is 14. The van der Waals surface area contributed by atoms with Crippen LogP contribution in [0, 0.1) is 0 Å². The molecule has 1 aliphatic carbocycles. The third-order valence-electron chi connectivity index (χ3n) is 6.86. The van der Waals surface area contributed by atoms with Crippen LogP contribution in [-0.4, -0.2) is 38.5 Å². The average Bonchev–Trinajstić information content (AvgIpc) is 3.34. The van der Waals surface area contributed by atoms with Crippen LogP contribution >= 0.6 is 0 Å². The van der Waals surface area contributed by atoms with Crippen LogP contribution in [0.5, 0.6) is 23.0 Å². The van der Waals surface area contributed by atoms with Gasteiger partial charge in [-0.1, -0.05) is 48.5 Å². The summed E-state index contributed by atoms with van der Waals surface area (Å²) in [6.07, 6.45) is 2.10. The summed E-state index contributed by atoms with van der Waals surface area (Å²) in [6.45, 7) is 1.95. The molecule has 4 aromatic carbocycles. The fraction of sp³-hybridized carbons (Fsp3) is 0.273. The zero-order valence-electron chi connectivity index (χ0n) is 22.1. The van der Waals surface area contributed by atoms with Gasteiger partial charge < -0.3 is 30.4 Å².